The summed E-state index contributed by atoms with van der Waals surface area (Å²) >= 11 is 6.01. The van der Waals surface area contributed by atoms with Crippen molar-refractivity contribution >= 4 is 29.6 Å². The normalized spacial score (nSPS) is 21.1. The highest BCUT2D eigenvalue weighted by molar-refractivity contribution is 8.13. The lowest BCUT2D eigenvalue weighted by Crippen LogP contribution is -2.50. The molecule has 1 rings (SSSR count). The van der Waals surface area contributed by atoms with Crippen molar-refractivity contribution in [3.05, 3.63) is 0 Å². The van der Waals surface area contributed by atoms with Gasteiger partial charge in [0.1, 0.15) is 0 Å². The minimum atomic E-state index is 0.559. The Bertz CT molecular complexity index is 141. The Morgan fingerprint density at radius 1 is 1.70 bits per heavy atom. The number of hydrogen-bond donors (Lipinski definition) is 1. The maximum atomic E-state index is 4.31. The van der Waals surface area contributed by atoms with Gasteiger partial charge >= 0.3 is 0 Å². The Balaban J connectivity index is 2.36. The van der Waals surface area contributed by atoms with Crippen molar-refractivity contribution in [2.45, 2.75) is 5.25 Å². The SMILES string of the molecule is C/N=C(\SC)N1CC(S)C1. The first-order valence-corrected chi connectivity index (χ1v) is 4.96. The van der Waals surface area contributed by atoms with Crippen LogP contribution in [0.2, 0.25) is 0 Å². The molecule has 0 aliphatic carbocycles. The second-order valence-corrected chi connectivity index (χ2v) is 3.77. The predicted octanol–water partition coefficient (Wildman–Crippen LogP) is 0.949. The first kappa shape index (κ1) is 8.27. The number of rotatable bonds is 0. The van der Waals surface area contributed by atoms with Crippen molar-refractivity contribution in [3.63, 3.8) is 0 Å². The number of likely N-dealkylation sites (tertiary alicyclic amines) is 1. The van der Waals surface area contributed by atoms with E-state index in [-0.39, 0.29) is 0 Å². The fourth-order valence-electron chi connectivity index (χ4n) is 0.973. The third-order valence-corrected chi connectivity index (χ3v) is 2.64. The molecule has 0 atom stereocenters. The minimum absolute atomic E-state index is 0.559. The van der Waals surface area contributed by atoms with Gasteiger partial charge < -0.3 is 4.90 Å². The van der Waals surface area contributed by atoms with Gasteiger partial charge in [0, 0.05) is 25.4 Å². The fourth-order valence-corrected chi connectivity index (χ4v) is 1.96. The van der Waals surface area contributed by atoms with E-state index in [4.69, 9.17) is 0 Å². The molecule has 58 valence electrons. The molecule has 10 heavy (non-hydrogen) atoms. The number of thioether (sulfide) groups is 1. The molecule has 0 N–H and O–H groups in total. The summed E-state index contributed by atoms with van der Waals surface area (Å²) in [5, 5.41) is 1.69. The summed E-state index contributed by atoms with van der Waals surface area (Å²) < 4.78 is 0. The Labute approximate surface area is 71.5 Å². The van der Waals surface area contributed by atoms with Gasteiger partial charge in [0.05, 0.1) is 0 Å². The lowest BCUT2D eigenvalue weighted by atomic mass is 10.2. The molecule has 4 heteroatoms. The van der Waals surface area contributed by atoms with Crippen molar-refractivity contribution in [1.29, 1.82) is 0 Å². The van der Waals surface area contributed by atoms with Crippen LogP contribution in [0.5, 0.6) is 0 Å². The van der Waals surface area contributed by atoms with Crippen molar-refractivity contribution in [2.24, 2.45) is 4.99 Å². The van der Waals surface area contributed by atoms with Crippen molar-refractivity contribution in [1.82, 2.24) is 4.90 Å². The van der Waals surface area contributed by atoms with Gasteiger partial charge in [-0.3, -0.25) is 4.99 Å². The molecule has 1 aliphatic heterocycles. The summed E-state index contributed by atoms with van der Waals surface area (Å²) in [6.07, 6.45) is 2.05. The van der Waals surface area contributed by atoms with Crippen LogP contribution in [0.1, 0.15) is 0 Å². The number of amidine groups is 1. The second kappa shape index (κ2) is 3.53. The molecular formula is C6H12N2S2. The van der Waals surface area contributed by atoms with E-state index in [0.29, 0.717) is 5.25 Å². The molecule has 0 spiro atoms. The summed E-state index contributed by atoms with van der Waals surface area (Å²) in [6, 6.07) is 0. The highest BCUT2D eigenvalue weighted by atomic mass is 32.2. The van der Waals surface area contributed by atoms with Crippen LogP contribution in [0.15, 0.2) is 4.99 Å². The van der Waals surface area contributed by atoms with Crippen LogP contribution in [0.25, 0.3) is 0 Å². The van der Waals surface area contributed by atoms with Gasteiger partial charge in [-0.15, -0.1) is 0 Å². The molecule has 1 fully saturated rings. The highest BCUT2D eigenvalue weighted by Crippen LogP contribution is 2.17. The average Bonchev–Trinajstić information content (AvgIpc) is 1.87. The maximum Gasteiger partial charge on any atom is 0.158 e. The molecule has 0 radical (unpaired) electrons. The highest BCUT2D eigenvalue weighted by Gasteiger charge is 2.25. The van der Waals surface area contributed by atoms with Gasteiger partial charge in [-0.25, -0.2) is 0 Å². The summed E-state index contributed by atoms with van der Waals surface area (Å²) in [5.74, 6) is 0. The first-order valence-electron chi connectivity index (χ1n) is 3.21. The van der Waals surface area contributed by atoms with E-state index in [9.17, 15) is 0 Å². The number of aliphatic imine (C=N–C) groups is 1. The lowest BCUT2D eigenvalue weighted by molar-refractivity contribution is 0.319. The van der Waals surface area contributed by atoms with Gasteiger partial charge in [0.2, 0.25) is 0 Å². The molecule has 1 saturated heterocycles. The first-order chi connectivity index (χ1) is 4.77. The Kier molecular flexibility index (Phi) is 2.92. The molecule has 0 amide bonds. The van der Waals surface area contributed by atoms with E-state index in [1.54, 1.807) is 11.8 Å². The molecule has 1 heterocycles. The van der Waals surface area contributed by atoms with Gasteiger partial charge in [-0.1, -0.05) is 11.8 Å². The summed E-state index contributed by atoms with van der Waals surface area (Å²) in [4.78, 5) is 6.37. The van der Waals surface area contributed by atoms with E-state index >= 15 is 0 Å². The van der Waals surface area contributed by atoms with Gasteiger partial charge in [0.25, 0.3) is 0 Å². The molecule has 0 aromatic rings. The van der Waals surface area contributed by atoms with E-state index < -0.39 is 0 Å². The average molecular weight is 176 g/mol. The Hall–Kier alpha value is 0.170. The van der Waals surface area contributed by atoms with Gasteiger partial charge in [0.15, 0.2) is 5.17 Å². The molecular weight excluding hydrogens is 164 g/mol. The quantitative estimate of drug-likeness (QED) is 0.336. The third kappa shape index (κ3) is 1.61. The zero-order valence-corrected chi connectivity index (χ0v) is 7.95. The topological polar surface area (TPSA) is 15.6 Å². The zero-order valence-electron chi connectivity index (χ0n) is 6.24. The van der Waals surface area contributed by atoms with E-state index in [1.165, 1.54) is 0 Å². The molecule has 0 bridgehead atoms. The van der Waals surface area contributed by atoms with E-state index in [0.717, 1.165) is 18.3 Å². The number of nitrogens with zero attached hydrogens (tertiary/aromatic N) is 2. The lowest BCUT2D eigenvalue weighted by Gasteiger charge is -2.38. The number of hydrogen-bond acceptors (Lipinski definition) is 3. The largest absolute Gasteiger partial charge is 0.349 e. The summed E-state index contributed by atoms with van der Waals surface area (Å²) in [5.41, 5.74) is 0. The van der Waals surface area contributed by atoms with Crippen molar-refractivity contribution in [2.75, 3.05) is 26.4 Å². The number of thiol groups is 1. The third-order valence-electron chi connectivity index (χ3n) is 1.51. The smallest absolute Gasteiger partial charge is 0.158 e. The van der Waals surface area contributed by atoms with Crippen LogP contribution in [-0.2, 0) is 0 Å². The summed E-state index contributed by atoms with van der Waals surface area (Å²) in [6.45, 7) is 2.10. The zero-order chi connectivity index (χ0) is 7.56. The summed E-state index contributed by atoms with van der Waals surface area (Å²) in [7, 11) is 1.83. The maximum absolute atomic E-state index is 4.31. The van der Waals surface area contributed by atoms with Gasteiger partial charge in [-0.05, 0) is 6.26 Å². The molecule has 0 aromatic heterocycles. The van der Waals surface area contributed by atoms with Crippen LogP contribution in [0.3, 0.4) is 0 Å². The predicted molar refractivity (Wildman–Crippen MR) is 51.2 cm³/mol. The fraction of sp³-hybridized carbons (Fsp3) is 0.833. The Morgan fingerprint density at radius 3 is 2.60 bits per heavy atom. The van der Waals surface area contributed by atoms with Gasteiger partial charge in [-0.2, -0.15) is 12.6 Å². The molecule has 2 nitrogen and oxygen atoms in total. The van der Waals surface area contributed by atoms with Crippen molar-refractivity contribution in [3.8, 4) is 0 Å². The van der Waals surface area contributed by atoms with Crippen LogP contribution in [0.4, 0.5) is 0 Å². The van der Waals surface area contributed by atoms with E-state index in [2.05, 4.69) is 22.5 Å². The molecule has 0 unspecified atom stereocenters. The van der Waals surface area contributed by atoms with Crippen LogP contribution >= 0.6 is 24.4 Å². The second-order valence-electron chi connectivity index (χ2n) is 2.27. The van der Waals surface area contributed by atoms with Crippen LogP contribution < -0.4 is 0 Å². The van der Waals surface area contributed by atoms with Crippen LogP contribution in [0, 0.1) is 0 Å². The Morgan fingerprint density at radius 2 is 2.30 bits per heavy atom. The standard InChI is InChI=1S/C6H12N2S2/c1-7-6(10-2)8-3-5(9)4-8/h5,9H,3-4H2,1-2H3/b7-6-. The van der Waals surface area contributed by atoms with E-state index in [1.807, 2.05) is 13.3 Å². The molecule has 0 saturated carbocycles. The minimum Gasteiger partial charge on any atom is -0.349 e. The monoisotopic (exact) mass is 176 g/mol. The molecule has 1 aliphatic rings. The van der Waals surface area contributed by atoms with Crippen molar-refractivity contribution < 1.29 is 0 Å². The molecule has 0 aromatic carbocycles. The van der Waals surface area contributed by atoms with Crippen LogP contribution in [-0.4, -0.2) is 41.7 Å².